The van der Waals surface area contributed by atoms with Gasteiger partial charge in [0.15, 0.2) is 0 Å². The summed E-state index contributed by atoms with van der Waals surface area (Å²) >= 11 is -0.826. The summed E-state index contributed by atoms with van der Waals surface area (Å²) in [7, 11) is 9.87. The minimum atomic E-state index is -0.826. The van der Waals surface area contributed by atoms with Crippen LogP contribution in [0.25, 0.3) is 0 Å². The van der Waals surface area contributed by atoms with E-state index in [9.17, 15) is 0 Å². The first-order valence-corrected chi connectivity index (χ1v) is 13.6. The molecule has 0 spiro atoms. The molecule has 0 aromatic rings. The van der Waals surface area contributed by atoms with E-state index in [-0.39, 0.29) is 0 Å². The molecule has 0 aliphatic heterocycles. The molecule has 0 aromatic carbocycles. The Kier molecular flexibility index (Phi) is 13.7. The number of rotatable bonds is 2. The van der Waals surface area contributed by atoms with E-state index >= 15 is 0 Å². The van der Waals surface area contributed by atoms with Gasteiger partial charge in [0.1, 0.15) is 0 Å². The van der Waals surface area contributed by atoms with Crippen LogP contribution < -0.4 is 0 Å². The number of halogens is 2. The molecule has 2 aliphatic carbocycles. The zero-order chi connectivity index (χ0) is 16.4. The molecular weight excluding hydrogens is 378 g/mol. The summed E-state index contributed by atoms with van der Waals surface area (Å²) in [6, 6.07) is 0. The molecule has 0 heterocycles. The Morgan fingerprint density at radius 1 is 0.762 bits per heavy atom. The van der Waals surface area contributed by atoms with Crippen molar-refractivity contribution in [2.75, 3.05) is 0 Å². The van der Waals surface area contributed by atoms with Gasteiger partial charge in [0, 0.05) is 0 Å². The zero-order valence-corrected chi connectivity index (χ0v) is 17.9. The van der Waals surface area contributed by atoms with E-state index in [1.165, 1.54) is 48.3 Å². The maximum atomic E-state index is 4.93. The van der Waals surface area contributed by atoms with Gasteiger partial charge >= 0.3 is 37.9 Å². The van der Waals surface area contributed by atoms with Crippen molar-refractivity contribution in [2.24, 2.45) is 0 Å². The average Bonchev–Trinajstić information content (AvgIpc) is 3.03. The van der Waals surface area contributed by atoms with Crippen LogP contribution in [-0.4, -0.2) is 0 Å². The minimum absolute atomic E-state index is 0.826. The average molecular weight is 405 g/mol. The third-order valence-corrected chi connectivity index (χ3v) is 4.08. The van der Waals surface area contributed by atoms with Crippen molar-refractivity contribution in [1.29, 1.82) is 0 Å². The molecule has 3 heteroatoms. The van der Waals surface area contributed by atoms with Gasteiger partial charge in [-0.15, -0.1) is 0 Å². The van der Waals surface area contributed by atoms with Crippen molar-refractivity contribution in [3.05, 3.63) is 61.2 Å². The molecule has 2 rings (SSSR count). The first-order valence-electron chi connectivity index (χ1n) is 7.27. The van der Waals surface area contributed by atoms with Gasteiger partial charge in [-0.1, -0.05) is 48.0 Å². The van der Waals surface area contributed by atoms with Crippen LogP contribution in [0, 0.1) is 61.2 Å². The van der Waals surface area contributed by atoms with Gasteiger partial charge in [-0.25, -0.2) is 0 Å². The molecule has 2 fully saturated rings. The Bertz CT molecular complexity index is 197. The van der Waals surface area contributed by atoms with Crippen molar-refractivity contribution in [3.8, 4) is 0 Å². The first kappa shape index (κ1) is 22.5. The molecule has 2 aliphatic rings. The summed E-state index contributed by atoms with van der Waals surface area (Å²) in [6.07, 6.45) is 11.0. The molecule has 0 bridgehead atoms. The number of hydrogen-bond acceptors (Lipinski definition) is 0. The van der Waals surface area contributed by atoms with Crippen LogP contribution in [0.1, 0.15) is 54.4 Å². The predicted octanol–water partition coefficient (Wildman–Crippen LogP) is 6.54. The van der Waals surface area contributed by atoms with Gasteiger partial charge < -0.3 is 0 Å². The van der Waals surface area contributed by atoms with Crippen LogP contribution in [0.5, 0.6) is 0 Å². The van der Waals surface area contributed by atoms with Gasteiger partial charge in [0.25, 0.3) is 0 Å². The fraction of sp³-hybridized carbons (Fsp3) is 0.444. The van der Waals surface area contributed by atoms with E-state index < -0.39 is 20.8 Å². The van der Waals surface area contributed by atoms with E-state index in [1.807, 2.05) is 0 Å². The van der Waals surface area contributed by atoms with E-state index in [4.69, 9.17) is 17.0 Å². The fourth-order valence-corrected chi connectivity index (χ4v) is 2.28. The molecule has 0 atom stereocenters. The van der Waals surface area contributed by atoms with Crippen molar-refractivity contribution < 1.29 is 20.8 Å². The molecule has 116 valence electrons. The van der Waals surface area contributed by atoms with Crippen molar-refractivity contribution in [2.45, 2.75) is 54.4 Å². The van der Waals surface area contributed by atoms with Crippen LogP contribution in [0.15, 0.2) is 0 Å². The van der Waals surface area contributed by atoms with Gasteiger partial charge in [-0.05, 0) is 67.6 Å². The predicted molar refractivity (Wildman–Crippen MR) is 91.6 cm³/mol. The third kappa shape index (κ3) is 8.21. The molecule has 0 saturated heterocycles. The van der Waals surface area contributed by atoms with Crippen LogP contribution in [0.4, 0.5) is 0 Å². The van der Waals surface area contributed by atoms with E-state index in [0.29, 0.717) is 0 Å². The van der Waals surface area contributed by atoms with Crippen LogP contribution >= 0.6 is 17.0 Å². The van der Waals surface area contributed by atoms with Gasteiger partial charge in [0.2, 0.25) is 0 Å². The van der Waals surface area contributed by atoms with Gasteiger partial charge in [0.05, 0.1) is 0 Å². The zero-order valence-electron chi connectivity index (χ0n) is 14.0. The monoisotopic (exact) mass is 402 g/mol. The number of hydrogen-bond donors (Lipinski definition) is 0. The second kappa shape index (κ2) is 12.8. The quantitative estimate of drug-likeness (QED) is 0.490. The molecular formula is C18H26Cl2Zr. The standard InChI is InChI=1S/C10H15.C8H11.2ClH.Zr/c1-6-7(2)9(4)10(5)8(6)3;1-2-5-8-6-3-4-7-8;;;/h1-5H3;3-4,6-7H,2,5H2,1H3;2*1H;/q;;;;+2/p-2. The van der Waals surface area contributed by atoms with Gasteiger partial charge in [-0.3, -0.25) is 0 Å². The third-order valence-electron chi connectivity index (χ3n) is 4.08. The summed E-state index contributed by atoms with van der Waals surface area (Å²) < 4.78 is 0. The van der Waals surface area contributed by atoms with Crippen LogP contribution in [0.3, 0.4) is 0 Å². The van der Waals surface area contributed by atoms with E-state index in [0.717, 1.165) is 0 Å². The Hall–Kier alpha value is 1.46. The molecule has 10 radical (unpaired) electrons. The second-order valence-corrected chi connectivity index (χ2v) is 8.97. The molecule has 2 saturated carbocycles. The summed E-state index contributed by atoms with van der Waals surface area (Å²) in [4.78, 5) is 0. The summed E-state index contributed by atoms with van der Waals surface area (Å²) in [6.45, 7) is 13.2. The molecule has 0 nitrogen and oxygen atoms in total. The Morgan fingerprint density at radius 2 is 1.05 bits per heavy atom. The molecule has 21 heavy (non-hydrogen) atoms. The molecule has 0 N–H and O–H groups in total. The van der Waals surface area contributed by atoms with Crippen molar-refractivity contribution >= 4 is 17.0 Å². The van der Waals surface area contributed by atoms with E-state index in [2.05, 4.69) is 67.2 Å². The van der Waals surface area contributed by atoms with Crippen molar-refractivity contribution in [1.82, 2.24) is 0 Å². The topological polar surface area (TPSA) is 0 Å². The Morgan fingerprint density at radius 3 is 1.29 bits per heavy atom. The van der Waals surface area contributed by atoms with Gasteiger partial charge in [-0.2, -0.15) is 0 Å². The SMILES string of the molecule is CCC[C]1[CH][CH][CH][CH]1.C[C]1[C](C)[C](C)[C](C)[C]1C.[Cl][Zr][Cl]. The molecule has 0 aromatic heterocycles. The normalized spacial score (nSPS) is 22.7. The second-order valence-electron chi connectivity index (χ2n) is 5.24. The maximum absolute atomic E-state index is 4.93. The fourth-order valence-electron chi connectivity index (χ4n) is 2.28. The van der Waals surface area contributed by atoms with Crippen LogP contribution in [0.2, 0.25) is 0 Å². The molecule has 0 unspecified atom stereocenters. The summed E-state index contributed by atoms with van der Waals surface area (Å²) in [5.41, 5.74) is 0. The first-order chi connectivity index (χ1) is 9.90. The van der Waals surface area contributed by atoms with Crippen molar-refractivity contribution in [3.63, 3.8) is 0 Å². The van der Waals surface area contributed by atoms with E-state index in [1.54, 1.807) is 0 Å². The molecule has 0 amide bonds. The Balaban J connectivity index is 0.000000327. The Labute approximate surface area is 152 Å². The van der Waals surface area contributed by atoms with Crippen LogP contribution in [-0.2, 0) is 20.8 Å². The summed E-state index contributed by atoms with van der Waals surface area (Å²) in [5.74, 6) is 8.80. The summed E-state index contributed by atoms with van der Waals surface area (Å²) in [5, 5.41) is 0.